The van der Waals surface area contributed by atoms with E-state index in [9.17, 15) is 0 Å². The van der Waals surface area contributed by atoms with Crippen LogP contribution in [0.25, 0.3) is 21.7 Å². The zero-order valence-electron chi connectivity index (χ0n) is 18.1. The van der Waals surface area contributed by atoms with Crippen molar-refractivity contribution in [2.75, 3.05) is 0 Å². The molecule has 0 unspecified atom stereocenters. The van der Waals surface area contributed by atoms with Crippen LogP contribution in [-0.2, 0) is 13.0 Å². The number of nitrogens with zero attached hydrogens (tertiary/aromatic N) is 2. The molecule has 0 atom stereocenters. The van der Waals surface area contributed by atoms with Crippen molar-refractivity contribution >= 4 is 21.7 Å². The van der Waals surface area contributed by atoms with Gasteiger partial charge in [0.15, 0.2) is 0 Å². The summed E-state index contributed by atoms with van der Waals surface area (Å²) in [5.41, 5.74) is 2.82. The number of nitriles is 1. The number of aromatic nitrogens is 1. The first-order valence-corrected chi connectivity index (χ1v) is 11.2. The molecule has 30 heavy (non-hydrogen) atoms. The average molecular weight is 397 g/mol. The number of hydrogen-bond acceptors (Lipinski definition) is 1. The van der Waals surface area contributed by atoms with Crippen molar-refractivity contribution in [3.8, 4) is 6.07 Å². The lowest BCUT2D eigenvalue weighted by atomic mass is 10.1. The summed E-state index contributed by atoms with van der Waals surface area (Å²) >= 11 is 0. The first-order chi connectivity index (χ1) is 14.8. The van der Waals surface area contributed by atoms with Gasteiger partial charge in [0.05, 0.1) is 6.07 Å². The van der Waals surface area contributed by atoms with Crippen molar-refractivity contribution in [1.82, 2.24) is 4.57 Å². The highest BCUT2D eigenvalue weighted by atomic mass is 15.0. The highest BCUT2D eigenvalue weighted by Gasteiger charge is 2.07. The normalized spacial score (nSPS) is 10.5. The summed E-state index contributed by atoms with van der Waals surface area (Å²) in [6.45, 7) is 3.27. The Bertz CT molecular complexity index is 1020. The molecular weight excluding hydrogens is 364 g/mol. The molecule has 0 radical (unpaired) electrons. The van der Waals surface area contributed by atoms with Gasteiger partial charge in [0.1, 0.15) is 0 Å². The molecule has 4 aromatic rings. The van der Waals surface area contributed by atoms with Gasteiger partial charge in [0, 0.05) is 30.1 Å². The first kappa shape index (κ1) is 21.7. The van der Waals surface area contributed by atoms with Crippen molar-refractivity contribution in [2.45, 2.75) is 58.4 Å². The van der Waals surface area contributed by atoms with Crippen molar-refractivity contribution in [3.63, 3.8) is 0 Å². The fourth-order valence-electron chi connectivity index (χ4n) is 3.89. The maximum atomic E-state index is 8.60. The summed E-state index contributed by atoms with van der Waals surface area (Å²) in [4.78, 5) is 0. The Morgan fingerprint density at radius 3 is 2.03 bits per heavy atom. The Kier molecular flexibility index (Phi) is 8.54. The molecule has 2 nitrogen and oxygen atoms in total. The number of para-hydroxylation sites is 1. The third kappa shape index (κ3) is 5.97. The lowest BCUT2D eigenvalue weighted by molar-refractivity contribution is 0.629. The van der Waals surface area contributed by atoms with Crippen LogP contribution >= 0.6 is 0 Å². The van der Waals surface area contributed by atoms with Gasteiger partial charge in [-0.3, -0.25) is 0 Å². The minimum absolute atomic E-state index is 0.669. The Hall–Kier alpha value is -3.05. The van der Waals surface area contributed by atoms with E-state index in [2.05, 4.69) is 96.6 Å². The second kappa shape index (κ2) is 11.8. The van der Waals surface area contributed by atoms with Crippen LogP contribution in [0.2, 0.25) is 0 Å². The highest BCUT2D eigenvalue weighted by Crippen LogP contribution is 2.23. The average Bonchev–Trinajstić information content (AvgIpc) is 3.15. The Labute approximate surface area is 180 Å². The maximum Gasteiger partial charge on any atom is 0.0621 e. The van der Waals surface area contributed by atoms with E-state index in [1.807, 2.05) is 0 Å². The molecule has 0 aliphatic carbocycles. The lowest BCUT2D eigenvalue weighted by Gasteiger charge is -2.03. The van der Waals surface area contributed by atoms with Crippen LogP contribution < -0.4 is 0 Å². The summed E-state index contributed by atoms with van der Waals surface area (Å²) in [6, 6.07) is 27.6. The van der Waals surface area contributed by atoms with E-state index in [0.29, 0.717) is 6.42 Å². The van der Waals surface area contributed by atoms with Crippen LogP contribution in [0.15, 0.2) is 79.0 Å². The second-order valence-electron chi connectivity index (χ2n) is 7.78. The smallest absolute Gasteiger partial charge is 0.0621 e. The van der Waals surface area contributed by atoms with E-state index in [0.717, 1.165) is 19.4 Å². The summed E-state index contributed by atoms with van der Waals surface area (Å²) in [7, 11) is 0. The van der Waals surface area contributed by atoms with Gasteiger partial charge >= 0.3 is 0 Å². The molecule has 154 valence electrons. The zero-order valence-corrected chi connectivity index (χ0v) is 18.1. The molecule has 2 heteroatoms. The van der Waals surface area contributed by atoms with Gasteiger partial charge in [-0.25, -0.2) is 0 Å². The molecule has 0 amide bonds. The molecular formula is C28H32N2. The van der Waals surface area contributed by atoms with Crippen LogP contribution in [0.1, 0.15) is 51.0 Å². The number of aryl methyl sites for hydroxylation is 2. The summed E-state index contributed by atoms with van der Waals surface area (Å²) < 4.78 is 2.37. The molecule has 1 aromatic heterocycles. The van der Waals surface area contributed by atoms with Gasteiger partial charge < -0.3 is 4.57 Å². The summed E-state index contributed by atoms with van der Waals surface area (Å²) in [5, 5.41) is 12.6. The molecule has 0 N–H and O–H groups in total. The fourth-order valence-corrected chi connectivity index (χ4v) is 3.89. The van der Waals surface area contributed by atoms with E-state index < -0.39 is 0 Å². The van der Waals surface area contributed by atoms with E-state index in [1.165, 1.54) is 52.9 Å². The molecule has 4 rings (SSSR count). The minimum Gasteiger partial charge on any atom is -0.347 e. The van der Waals surface area contributed by atoms with E-state index in [-0.39, 0.29) is 0 Å². The third-order valence-corrected chi connectivity index (χ3v) is 5.52. The van der Waals surface area contributed by atoms with Crippen molar-refractivity contribution in [3.05, 3.63) is 84.6 Å². The minimum atomic E-state index is 0.669. The standard InChI is InChI=1S/C18H24N2.C10H8/c1-2-3-5-10-16-15-20(14-9-4-8-13-19)18-12-7-6-11-17(16)18;1-2-6-10-8-4-3-7-9(10)5-1/h6-7,11-12,15H,2-5,8-10,14H2,1H3;1-8H. The second-order valence-corrected chi connectivity index (χ2v) is 7.78. The molecule has 0 fully saturated rings. The zero-order chi connectivity index (χ0) is 21.0. The van der Waals surface area contributed by atoms with Crippen LogP contribution in [-0.4, -0.2) is 4.57 Å². The van der Waals surface area contributed by atoms with Crippen LogP contribution in [0.5, 0.6) is 0 Å². The predicted octanol–water partition coefficient (Wildman–Crippen LogP) is 7.91. The number of rotatable bonds is 8. The molecule has 0 saturated carbocycles. The van der Waals surface area contributed by atoms with Gasteiger partial charge in [0.2, 0.25) is 0 Å². The molecule has 3 aromatic carbocycles. The van der Waals surface area contributed by atoms with Crippen LogP contribution in [0, 0.1) is 11.3 Å². The number of hydrogen-bond donors (Lipinski definition) is 0. The lowest BCUT2D eigenvalue weighted by Crippen LogP contribution is -1.95. The molecule has 0 saturated heterocycles. The van der Waals surface area contributed by atoms with Gasteiger partial charge in [0.25, 0.3) is 0 Å². The molecule has 0 bridgehead atoms. The van der Waals surface area contributed by atoms with E-state index in [1.54, 1.807) is 0 Å². The monoisotopic (exact) mass is 396 g/mol. The van der Waals surface area contributed by atoms with E-state index in [4.69, 9.17) is 5.26 Å². The summed E-state index contributed by atoms with van der Waals surface area (Å²) in [6.07, 6.45) is 10.1. The third-order valence-electron chi connectivity index (χ3n) is 5.52. The Morgan fingerprint density at radius 2 is 1.40 bits per heavy atom. The first-order valence-electron chi connectivity index (χ1n) is 11.2. The van der Waals surface area contributed by atoms with Crippen LogP contribution in [0.3, 0.4) is 0 Å². The highest BCUT2D eigenvalue weighted by molar-refractivity contribution is 5.84. The van der Waals surface area contributed by atoms with Crippen molar-refractivity contribution in [1.29, 1.82) is 5.26 Å². The largest absolute Gasteiger partial charge is 0.347 e. The predicted molar refractivity (Wildman–Crippen MR) is 129 cm³/mol. The number of unbranched alkanes of at least 4 members (excludes halogenated alkanes) is 4. The number of fused-ring (bicyclic) bond motifs is 2. The molecule has 0 aliphatic rings. The summed E-state index contributed by atoms with van der Waals surface area (Å²) in [5.74, 6) is 0. The van der Waals surface area contributed by atoms with Gasteiger partial charge in [-0.2, -0.15) is 5.26 Å². The number of benzene rings is 3. The van der Waals surface area contributed by atoms with Gasteiger partial charge in [-0.1, -0.05) is 86.5 Å². The Balaban J connectivity index is 0.000000212. The SMILES string of the molecule is CCCCCc1cn(CCCCC#N)c2ccccc12.c1ccc2ccccc2c1. The van der Waals surface area contributed by atoms with Gasteiger partial charge in [-0.15, -0.1) is 0 Å². The fraction of sp³-hybridized carbons (Fsp3) is 0.321. The van der Waals surface area contributed by atoms with Crippen LogP contribution in [0.4, 0.5) is 0 Å². The topological polar surface area (TPSA) is 28.7 Å². The molecule has 0 aliphatic heterocycles. The Morgan fingerprint density at radius 1 is 0.767 bits per heavy atom. The molecule has 0 spiro atoms. The maximum absolute atomic E-state index is 8.60. The van der Waals surface area contributed by atoms with Crippen molar-refractivity contribution in [2.24, 2.45) is 0 Å². The molecule has 1 heterocycles. The van der Waals surface area contributed by atoms with E-state index >= 15 is 0 Å². The quantitative estimate of drug-likeness (QED) is 0.278. The van der Waals surface area contributed by atoms with Gasteiger partial charge in [-0.05, 0) is 48.1 Å². The van der Waals surface area contributed by atoms with Crippen molar-refractivity contribution < 1.29 is 0 Å².